The van der Waals surface area contributed by atoms with Crippen molar-refractivity contribution in [1.82, 2.24) is 14.5 Å². The lowest BCUT2D eigenvalue weighted by Gasteiger charge is -2.37. The standard InChI is InChI=1S/C30H33ClFN3O4/c1-5-30(39-16(2)3)22-11-26-27-20(14-35(26)28(36)21(22)15-38-29(30)37)19(13-34-8-6-17(4)7-9-34)18-10-24(32)23(31)12-25(18)33-27/h10-12,16-17H,5-9,13-15H2,1-4H3/t30-/m0/s1. The lowest BCUT2D eigenvalue weighted by Crippen LogP contribution is -2.47. The first-order valence-corrected chi connectivity index (χ1v) is 14.2. The van der Waals surface area contributed by atoms with Crippen LogP contribution in [0.4, 0.5) is 4.39 Å². The highest BCUT2D eigenvalue weighted by molar-refractivity contribution is 6.31. The van der Waals surface area contributed by atoms with Crippen LogP contribution < -0.4 is 5.56 Å². The number of likely N-dealkylation sites (tertiary alicyclic amines) is 1. The number of carbonyl (C=O) groups is 1. The number of cyclic esters (lactones) is 1. The van der Waals surface area contributed by atoms with E-state index in [4.69, 9.17) is 26.1 Å². The number of hydrogen-bond acceptors (Lipinski definition) is 6. The number of benzene rings is 1. The van der Waals surface area contributed by atoms with E-state index in [9.17, 15) is 14.0 Å². The largest absolute Gasteiger partial charge is 0.458 e. The van der Waals surface area contributed by atoms with E-state index in [0.717, 1.165) is 37.1 Å². The summed E-state index contributed by atoms with van der Waals surface area (Å²) in [6.07, 6.45) is 2.29. The molecule has 39 heavy (non-hydrogen) atoms. The average molecular weight is 554 g/mol. The van der Waals surface area contributed by atoms with Crippen molar-refractivity contribution >= 4 is 28.5 Å². The second kappa shape index (κ2) is 9.68. The highest BCUT2D eigenvalue weighted by atomic mass is 35.5. The Bertz CT molecular complexity index is 1560. The summed E-state index contributed by atoms with van der Waals surface area (Å²) in [6, 6.07) is 4.91. The topological polar surface area (TPSA) is 73.7 Å². The van der Waals surface area contributed by atoms with E-state index in [1.165, 1.54) is 6.07 Å². The van der Waals surface area contributed by atoms with Crippen LogP contribution in [0.1, 0.15) is 69.2 Å². The fourth-order valence-electron chi connectivity index (χ4n) is 6.37. The summed E-state index contributed by atoms with van der Waals surface area (Å²) < 4.78 is 28.1. The van der Waals surface area contributed by atoms with Gasteiger partial charge in [-0.1, -0.05) is 25.4 Å². The molecule has 0 radical (unpaired) electrons. The second-order valence-corrected chi connectivity index (χ2v) is 11.8. The minimum atomic E-state index is -1.37. The van der Waals surface area contributed by atoms with Crippen molar-refractivity contribution < 1.29 is 18.7 Å². The predicted molar refractivity (Wildman–Crippen MR) is 147 cm³/mol. The number of fused-ring (bicyclic) bond motifs is 5. The highest BCUT2D eigenvalue weighted by Crippen LogP contribution is 2.43. The van der Waals surface area contributed by atoms with Gasteiger partial charge in [0.1, 0.15) is 12.4 Å². The van der Waals surface area contributed by atoms with Crippen LogP contribution >= 0.6 is 11.6 Å². The molecule has 5 heterocycles. The fraction of sp³-hybridized carbons (Fsp3) is 0.500. The summed E-state index contributed by atoms with van der Waals surface area (Å²) in [5.74, 6) is -0.289. The van der Waals surface area contributed by atoms with Gasteiger partial charge >= 0.3 is 5.97 Å². The van der Waals surface area contributed by atoms with Gasteiger partial charge in [-0.3, -0.25) is 9.69 Å². The van der Waals surface area contributed by atoms with Gasteiger partial charge in [-0.05, 0) is 75.9 Å². The quantitative estimate of drug-likeness (QED) is 0.302. The van der Waals surface area contributed by atoms with Crippen LogP contribution in [0.25, 0.3) is 22.3 Å². The van der Waals surface area contributed by atoms with E-state index in [-0.39, 0.29) is 23.3 Å². The summed E-state index contributed by atoms with van der Waals surface area (Å²) in [5, 5.41) is 0.719. The number of hydrogen-bond donors (Lipinski definition) is 0. The molecule has 2 aromatic heterocycles. The van der Waals surface area contributed by atoms with Crippen LogP contribution in [-0.4, -0.2) is 39.6 Å². The van der Waals surface area contributed by atoms with Crippen molar-refractivity contribution in [1.29, 1.82) is 0 Å². The molecule has 1 saturated heterocycles. The van der Waals surface area contributed by atoms with Gasteiger partial charge in [0.25, 0.3) is 5.56 Å². The van der Waals surface area contributed by atoms with Crippen molar-refractivity contribution in [3.63, 3.8) is 0 Å². The van der Waals surface area contributed by atoms with Crippen molar-refractivity contribution in [3.05, 3.63) is 61.6 Å². The molecule has 0 amide bonds. The Morgan fingerprint density at radius 3 is 2.64 bits per heavy atom. The molecular formula is C30H33ClFN3O4. The van der Waals surface area contributed by atoms with Gasteiger partial charge in [-0.15, -0.1) is 0 Å². The van der Waals surface area contributed by atoms with Crippen LogP contribution in [-0.2, 0) is 39.6 Å². The molecule has 0 N–H and O–H groups in total. The number of halogens is 2. The van der Waals surface area contributed by atoms with Crippen LogP contribution in [0.3, 0.4) is 0 Å². The van der Waals surface area contributed by atoms with Crippen LogP contribution in [0.15, 0.2) is 23.0 Å². The first-order chi connectivity index (χ1) is 18.6. The van der Waals surface area contributed by atoms with Crippen molar-refractivity contribution in [2.45, 2.75) is 78.4 Å². The van der Waals surface area contributed by atoms with Gasteiger partial charge in [0.2, 0.25) is 0 Å². The van der Waals surface area contributed by atoms with Gasteiger partial charge in [-0.2, -0.15) is 0 Å². The number of pyridine rings is 2. The third-order valence-electron chi connectivity index (χ3n) is 8.51. The van der Waals surface area contributed by atoms with E-state index in [0.29, 0.717) is 58.8 Å². The van der Waals surface area contributed by atoms with Crippen LogP contribution in [0.2, 0.25) is 5.02 Å². The third-order valence-corrected chi connectivity index (χ3v) is 8.80. The summed E-state index contributed by atoms with van der Waals surface area (Å²) in [6.45, 7) is 10.6. The first-order valence-electron chi connectivity index (χ1n) is 13.8. The van der Waals surface area contributed by atoms with Crippen LogP contribution in [0.5, 0.6) is 0 Å². The normalized spacial score (nSPS) is 21.3. The molecule has 1 fully saturated rings. The smallest absolute Gasteiger partial charge is 0.343 e. The van der Waals surface area contributed by atoms with E-state index in [2.05, 4.69) is 11.8 Å². The molecule has 1 atom stereocenters. The SMILES string of the molecule is CC[C@@]1(OC(C)C)C(=O)OCc2c1cc1n(c2=O)Cc2c-1nc1cc(Cl)c(F)cc1c2CN1CCC(C)CC1. The van der Waals surface area contributed by atoms with Gasteiger partial charge in [0, 0.05) is 23.1 Å². The minimum absolute atomic E-state index is 0.00612. The molecule has 0 unspecified atom stereocenters. The average Bonchev–Trinajstić information content (AvgIpc) is 3.26. The summed E-state index contributed by atoms with van der Waals surface area (Å²) >= 11 is 6.19. The minimum Gasteiger partial charge on any atom is -0.458 e. The van der Waals surface area contributed by atoms with Crippen LogP contribution in [0, 0.1) is 11.7 Å². The number of aromatic nitrogens is 2. The fourth-order valence-corrected chi connectivity index (χ4v) is 6.53. The molecule has 1 aromatic carbocycles. The maximum atomic E-state index is 14.7. The number of carbonyl (C=O) groups excluding carboxylic acids is 1. The van der Waals surface area contributed by atoms with Crippen molar-refractivity contribution in [2.75, 3.05) is 13.1 Å². The number of rotatable bonds is 5. The molecule has 6 rings (SSSR count). The van der Waals surface area contributed by atoms with Gasteiger partial charge < -0.3 is 14.0 Å². The maximum Gasteiger partial charge on any atom is 0.343 e. The zero-order chi connectivity index (χ0) is 27.6. The van der Waals surface area contributed by atoms with E-state index < -0.39 is 17.4 Å². The molecule has 7 nitrogen and oxygen atoms in total. The van der Waals surface area contributed by atoms with Crippen molar-refractivity contribution in [2.24, 2.45) is 5.92 Å². The third kappa shape index (κ3) is 4.19. The molecule has 0 bridgehead atoms. The summed E-state index contributed by atoms with van der Waals surface area (Å²) in [7, 11) is 0. The van der Waals surface area contributed by atoms with Gasteiger partial charge in [0.15, 0.2) is 5.60 Å². The Labute approximate surface area is 231 Å². The Morgan fingerprint density at radius 2 is 1.95 bits per heavy atom. The Hall–Kier alpha value is -2.81. The molecule has 0 saturated carbocycles. The summed E-state index contributed by atoms with van der Waals surface area (Å²) in [5.41, 5.74) is 3.14. The molecule has 3 aliphatic rings. The molecule has 206 valence electrons. The molecule has 0 spiro atoms. The van der Waals surface area contributed by atoms with E-state index >= 15 is 0 Å². The molecule has 0 aliphatic carbocycles. The zero-order valence-electron chi connectivity index (χ0n) is 22.8. The molecule has 3 aliphatic heterocycles. The lowest BCUT2D eigenvalue weighted by atomic mass is 9.85. The predicted octanol–water partition coefficient (Wildman–Crippen LogP) is 5.54. The number of piperidine rings is 1. The van der Waals surface area contributed by atoms with Gasteiger partial charge in [0.05, 0.1) is 40.1 Å². The molecular weight excluding hydrogens is 521 g/mol. The highest BCUT2D eigenvalue weighted by Gasteiger charge is 2.48. The van der Waals surface area contributed by atoms with Crippen molar-refractivity contribution in [3.8, 4) is 11.4 Å². The Balaban J connectivity index is 1.57. The van der Waals surface area contributed by atoms with Gasteiger partial charge in [-0.25, -0.2) is 14.2 Å². The second-order valence-electron chi connectivity index (χ2n) is 11.4. The lowest BCUT2D eigenvalue weighted by molar-refractivity contribution is -0.187. The van der Waals surface area contributed by atoms with E-state index in [1.807, 2.05) is 26.8 Å². The Morgan fingerprint density at radius 1 is 1.21 bits per heavy atom. The molecule has 3 aromatic rings. The monoisotopic (exact) mass is 553 g/mol. The first kappa shape index (κ1) is 26.4. The number of nitrogens with zero attached hydrogens (tertiary/aromatic N) is 3. The Kier molecular flexibility index (Phi) is 6.56. The summed E-state index contributed by atoms with van der Waals surface area (Å²) in [4.78, 5) is 34.3. The van der Waals surface area contributed by atoms with E-state index in [1.54, 1.807) is 10.6 Å². The zero-order valence-corrected chi connectivity index (χ0v) is 23.5. The number of esters is 1. The number of ether oxygens (including phenoxy) is 2. The maximum absolute atomic E-state index is 14.7. The molecule has 9 heteroatoms.